The molecule has 0 aliphatic carbocycles. The van der Waals surface area contributed by atoms with Crippen molar-refractivity contribution < 1.29 is 8.42 Å². The molecule has 9 heteroatoms. The molecular weight excluding hydrogens is 383 g/mol. The summed E-state index contributed by atoms with van der Waals surface area (Å²) in [5.41, 5.74) is 2.19. The molecule has 0 unspecified atom stereocenters. The van der Waals surface area contributed by atoms with E-state index in [-0.39, 0.29) is 16.5 Å². The predicted octanol–water partition coefficient (Wildman–Crippen LogP) is 3.27. The fourth-order valence-corrected chi connectivity index (χ4v) is 4.09. The SMILES string of the molecule is Cn1cc(-c2ncccc2CNS(=O)(=O)c2cc(Cl)ccc2Cl)cn1. The molecule has 0 fully saturated rings. The van der Waals surface area contributed by atoms with Gasteiger partial charge in [-0.1, -0.05) is 29.3 Å². The summed E-state index contributed by atoms with van der Waals surface area (Å²) in [5.74, 6) is 0. The molecular formula is C16H14Cl2N4O2S. The molecule has 3 aromatic rings. The van der Waals surface area contributed by atoms with Crippen molar-refractivity contribution in [2.75, 3.05) is 0 Å². The van der Waals surface area contributed by atoms with Crippen LogP contribution in [-0.2, 0) is 23.6 Å². The number of benzene rings is 1. The van der Waals surface area contributed by atoms with Gasteiger partial charge in [-0.3, -0.25) is 9.67 Å². The minimum atomic E-state index is -3.82. The van der Waals surface area contributed by atoms with Crippen molar-refractivity contribution in [3.8, 4) is 11.3 Å². The molecule has 2 aromatic heterocycles. The summed E-state index contributed by atoms with van der Waals surface area (Å²) in [5, 5.41) is 4.52. The average molecular weight is 397 g/mol. The van der Waals surface area contributed by atoms with Gasteiger partial charge >= 0.3 is 0 Å². The van der Waals surface area contributed by atoms with Gasteiger partial charge in [0, 0.05) is 36.6 Å². The highest BCUT2D eigenvalue weighted by atomic mass is 35.5. The van der Waals surface area contributed by atoms with Crippen molar-refractivity contribution >= 4 is 33.2 Å². The van der Waals surface area contributed by atoms with E-state index >= 15 is 0 Å². The van der Waals surface area contributed by atoms with Crippen LogP contribution in [0.4, 0.5) is 0 Å². The summed E-state index contributed by atoms with van der Waals surface area (Å²) in [6, 6.07) is 7.85. The summed E-state index contributed by atoms with van der Waals surface area (Å²) in [7, 11) is -2.02. The van der Waals surface area contributed by atoms with Crippen LogP contribution in [-0.4, -0.2) is 23.2 Å². The first-order chi connectivity index (χ1) is 11.9. The molecule has 1 N–H and O–H groups in total. The van der Waals surface area contributed by atoms with Gasteiger partial charge < -0.3 is 0 Å². The monoisotopic (exact) mass is 396 g/mol. The van der Waals surface area contributed by atoms with Crippen LogP contribution < -0.4 is 4.72 Å². The highest BCUT2D eigenvalue weighted by Crippen LogP contribution is 2.26. The number of aromatic nitrogens is 3. The van der Waals surface area contributed by atoms with Crippen molar-refractivity contribution in [1.82, 2.24) is 19.5 Å². The summed E-state index contributed by atoms with van der Waals surface area (Å²) in [6.45, 7) is 0.0588. The van der Waals surface area contributed by atoms with E-state index in [0.717, 1.165) is 11.1 Å². The molecule has 0 bridgehead atoms. The van der Waals surface area contributed by atoms with Gasteiger partial charge in [-0.15, -0.1) is 0 Å². The Hall–Kier alpha value is -1.93. The Morgan fingerprint density at radius 1 is 1.24 bits per heavy atom. The standard InChI is InChI=1S/C16H14Cl2N4O2S/c1-22-10-12(8-20-22)16-11(3-2-6-19-16)9-21-25(23,24)15-7-13(17)4-5-14(15)18/h2-8,10,21H,9H2,1H3. The molecule has 0 saturated carbocycles. The van der Waals surface area contributed by atoms with Crippen LogP contribution >= 0.6 is 23.2 Å². The molecule has 3 rings (SSSR count). The maximum Gasteiger partial charge on any atom is 0.242 e. The lowest BCUT2D eigenvalue weighted by Gasteiger charge is -2.11. The van der Waals surface area contributed by atoms with Gasteiger partial charge in [0.05, 0.1) is 16.9 Å². The van der Waals surface area contributed by atoms with Crippen LogP contribution in [0.3, 0.4) is 0 Å². The molecule has 0 amide bonds. The van der Waals surface area contributed by atoms with Gasteiger partial charge in [0.25, 0.3) is 0 Å². The molecule has 0 aliphatic rings. The molecule has 25 heavy (non-hydrogen) atoms. The van der Waals surface area contributed by atoms with Crippen LogP contribution in [0.15, 0.2) is 53.8 Å². The predicted molar refractivity (Wildman–Crippen MR) is 96.9 cm³/mol. The van der Waals surface area contributed by atoms with E-state index < -0.39 is 10.0 Å². The quantitative estimate of drug-likeness (QED) is 0.717. The summed E-state index contributed by atoms with van der Waals surface area (Å²) >= 11 is 11.9. The average Bonchev–Trinajstić information content (AvgIpc) is 3.02. The van der Waals surface area contributed by atoms with E-state index in [1.54, 1.807) is 36.3 Å². The lowest BCUT2D eigenvalue weighted by atomic mass is 10.1. The molecule has 0 saturated heterocycles. The molecule has 1 aromatic carbocycles. The maximum atomic E-state index is 12.5. The number of hydrogen-bond donors (Lipinski definition) is 1. The van der Waals surface area contributed by atoms with Crippen LogP contribution in [0, 0.1) is 0 Å². The Morgan fingerprint density at radius 3 is 2.76 bits per heavy atom. The first-order valence-corrected chi connectivity index (χ1v) is 9.48. The summed E-state index contributed by atoms with van der Waals surface area (Å²) in [4.78, 5) is 4.27. The Morgan fingerprint density at radius 2 is 2.04 bits per heavy atom. The van der Waals surface area contributed by atoms with Gasteiger partial charge in [-0.05, 0) is 29.8 Å². The Labute approximate surface area is 155 Å². The zero-order valence-electron chi connectivity index (χ0n) is 13.1. The molecule has 6 nitrogen and oxygen atoms in total. The van der Waals surface area contributed by atoms with E-state index in [9.17, 15) is 8.42 Å². The zero-order valence-corrected chi connectivity index (χ0v) is 15.5. The Bertz CT molecular complexity index is 1020. The highest BCUT2D eigenvalue weighted by molar-refractivity contribution is 7.89. The third-order valence-electron chi connectivity index (χ3n) is 3.50. The van der Waals surface area contributed by atoms with E-state index in [4.69, 9.17) is 23.2 Å². The first kappa shape index (κ1) is 17.9. The fourth-order valence-electron chi connectivity index (χ4n) is 2.32. The van der Waals surface area contributed by atoms with Crippen LogP contribution in [0.2, 0.25) is 10.0 Å². The van der Waals surface area contributed by atoms with Gasteiger partial charge in [0.1, 0.15) is 4.90 Å². The third-order valence-corrected chi connectivity index (χ3v) is 5.62. The summed E-state index contributed by atoms with van der Waals surface area (Å²) in [6.07, 6.45) is 5.14. The van der Waals surface area contributed by atoms with Gasteiger partial charge in [-0.2, -0.15) is 5.10 Å². The minimum Gasteiger partial charge on any atom is -0.275 e. The number of halogens is 2. The first-order valence-electron chi connectivity index (χ1n) is 7.24. The second-order valence-corrected chi connectivity index (χ2v) is 7.89. The van der Waals surface area contributed by atoms with E-state index in [0.29, 0.717) is 10.7 Å². The number of aryl methyl sites for hydroxylation is 1. The molecule has 0 atom stereocenters. The lowest BCUT2D eigenvalue weighted by Crippen LogP contribution is -2.24. The molecule has 0 aliphatic heterocycles. The van der Waals surface area contributed by atoms with Gasteiger partial charge in [0.2, 0.25) is 10.0 Å². The number of rotatable bonds is 5. The van der Waals surface area contributed by atoms with Crippen LogP contribution in [0.1, 0.15) is 5.56 Å². The Balaban J connectivity index is 1.88. The fraction of sp³-hybridized carbons (Fsp3) is 0.125. The normalized spacial score (nSPS) is 11.6. The lowest BCUT2D eigenvalue weighted by molar-refractivity contribution is 0.581. The van der Waals surface area contributed by atoms with E-state index in [2.05, 4.69) is 14.8 Å². The number of hydrogen-bond acceptors (Lipinski definition) is 4. The third kappa shape index (κ3) is 4.01. The topological polar surface area (TPSA) is 76.9 Å². The van der Waals surface area contributed by atoms with Gasteiger partial charge in [-0.25, -0.2) is 13.1 Å². The highest BCUT2D eigenvalue weighted by Gasteiger charge is 2.19. The van der Waals surface area contributed by atoms with Crippen LogP contribution in [0.25, 0.3) is 11.3 Å². The minimum absolute atomic E-state index is 0.0588. The second kappa shape index (κ2) is 7.13. The van der Waals surface area contributed by atoms with Crippen molar-refractivity contribution in [2.24, 2.45) is 7.05 Å². The largest absolute Gasteiger partial charge is 0.275 e. The molecule has 2 heterocycles. The number of nitrogens with one attached hydrogen (secondary N) is 1. The van der Waals surface area contributed by atoms with Gasteiger partial charge in [0.15, 0.2) is 0 Å². The molecule has 0 spiro atoms. The van der Waals surface area contributed by atoms with Crippen molar-refractivity contribution in [2.45, 2.75) is 11.4 Å². The van der Waals surface area contributed by atoms with E-state index in [1.807, 2.05) is 6.20 Å². The smallest absolute Gasteiger partial charge is 0.242 e. The van der Waals surface area contributed by atoms with Crippen molar-refractivity contribution in [3.05, 3.63) is 64.5 Å². The Kier molecular flexibility index (Phi) is 5.10. The second-order valence-electron chi connectivity index (χ2n) is 5.31. The number of nitrogens with zero attached hydrogens (tertiary/aromatic N) is 3. The summed E-state index contributed by atoms with van der Waals surface area (Å²) < 4.78 is 29.3. The molecule has 130 valence electrons. The van der Waals surface area contributed by atoms with Crippen molar-refractivity contribution in [3.63, 3.8) is 0 Å². The van der Waals surface area contributed by atoms with Crippen molar-refractivity contribution in [1.29, 1.82) is 0 Å². The molecule has 0 radical (unpaired) electrons. The zero-order chi connectivity index (χ0) is 18.0. The van der Waals surface area contributed by atoms with Crippen LogP contribution in [0.5, 0.6) is 0 Å². The van der Waals surface area contributed by atoms with E-state index in [1.165, 1.54) is 18.2 Å². The number of sulfonamides is 1. The number of pyridine rings is 1. The maximum absolute atomic E-state index is 12.5.